The first kappa shape index (κ1) is 10.1. The van der Waals surface area contributed by atoms with Crippen molar-refractivity contribution < 1.29 is 4.42 Å². The molecule has 4 rings (SSSR count). The normalized spacial score (nSPS) is 11.4. The number of aromatic amines is 2. The standard InChI is InChI=1S/C14H9N3O2/c18-14-12-9(6-15-13(12)16-7-17-14)11-5-8-3-1-2-4-10(8)19-11/h1-7H,(H2,15,16,17,18). The van der Waals surface area contributed by atoms with E-state index in [0.717, 1.165) is 16.5 Å². The van der Waals surface area contributed by atoms with Gasteiger partial charge in [0.2, 0.25) is 0 Å². The summed E-state index contributed by atoms with van der Waals surface area (Å²) in [5.41, 5.74) is 1.90. The van der Waals surface area contributed by atoms with Crippen LogP contribution in [0.3, 0.4) is 0 Å². The zero-order valence-corrected chi connectivity index (χ0v) is 9.81. The van der Waals surface area contributed by atoms with Crippen molar-refractivity contribution in [3.8, 4) is 11.3 Å². The van der Waals surface area contributed by atoms with Crippen molar-refractivity contribution in [3.63, 3.8) is 0 Å². The highest BCUT2D eigenvalue weighted by Gasteiger charge is 2.14. The van der Waals surface area contributed by atoms with Gasteiger partial charge in [-0.3, -0.25) is 4.79 Å². The minimum absolute atomic E-state index is 0.179. The molecule has 3 aromatic heterocycles. The first-order chi connectivity index (χ1) is 9.33. The van der Waals surface area contributed by atoms with Crippen molar-refractivity contribution in [2.45, 2.75) is 0 Å². The zero-order chi connectivity index (χ0) is 12.8. The van der Waals surface area contributed by atoms with E-state index in [-0.39, 0.29) is 5.56 Å². The van der Waals surface area contributed by atoms with Gasteiger partial charge in [0.05, 0.1) is 11.7 Å². The zero-order valence-electron chi connectivity index (χ0n) is 9.81. The number of para-hydroxylation sites is 1. The Labute approximate surface area is 106 Å². The van der Waals surface area contributed by atoms with Crippen LogP contribution >= 0.6 is 0 Å². The number of hydrogen-bond donors (Lipinski definition) is 2. The van der Waals surface area contributed by atoms with Crippen molar-refractivity contribution in [3.05, 3.63) is 53.2 Å². The third kappa shape index (κ3) is 1.41. The Morgan fingerprint density at radius 3 is 2.95 bits per heavy atom. The van der Waals surface area contributed by atoms with Crippen LogP contribution in [0.4, 0.5) is 0 Å². The van der Waals surface area contributed by atoms with E-state index >= 15 is 0 Å². The largest absolute Gasteiger partial charge is 0.456 e. The average molecular weight is 251 g/mol. The van der Waals surface area contributed by atoms with E-state index < -0.39 is 0 Å². The topological polar surface area (TPSA) is 74.7 Å². The number of benzene rings is 1. The monoisotopic (exact) mass is 251 g/mol. The lowest BCUT2D eigenvalue weighted by Gasteiger charge is -1.92. The average Bonchev–Trinajstić information content (AvgIpc) is 3.02. The van der Waals surface area contributed by atoms with E-state index in [1.165, 1.54) is 6.33 Å². The lowest BCUT2D eigenvalue weighted by atomic mass is 10.2. The molecule has 19 heavy (non-hydrogen) atoms. The highest BCUT2D eigenvalue weighted by molar-refractivity contribution is 5.94. The van der Waals surface area contributed by atoms with Gasteiger partial charge in [-0.15, -0.1) is 0 Å². The molecule has 0 unspecified atom stereocenters. The molecule has 0 saturated carbocycles. The van der Waals surface area contributed by atoms with Crippen molar-refractivity contribution >= 4 is 22.0 Å². The maximum atomic E-state index is 11.9. The Bertz CT molecular complexity index is 913. The van der Waals surface area contributed by atoms with Crippen molar-refractivity contribution in [1.29, 1.82) is 0 Å². The molecule has 0 amide bonds. The van der Waals surface area contributed by atoms with Crippen molar-refractivity contribution in [1.82, 2.24) is 15.0 Å². The molecule has 0 aliphatic carbocycles. The van der Waals surface area contributed by atoms with Crippen LogP contribution in [0.25, 0.3) is 33.3 Å². The van der Waals surface area contributed by atoms with E-state index in [9.17, 15) is 4.79 Å². The van der Waals surface area contributed by atoms with Gasteiger partial charge >= 0.3 is 0 Å². The summed E-state index contributed by atoms with van der Waals surface area (Å²) < 4.78 is 5.77. The number of nitrogens with zero attached hydrogens (tertiary/aromatic N) is 1. The van der Waals surface area contributed by atoms with Crippen LogP contribution in [0.15, 0.2) is 52.1 Å². The van der Waals surface area contributed by atoms with Gasteiger partial charge in [0.25, 0.3) is 5.56 Å². The summed E-state index contributed by atoms with van der Waals surface area (Å²) in [5, 5.41) is 1.52. The number of aromatic nitrogens is 3. The van der Waals surface area contributed by atoms with Crippen molar-refractivity contribution in [2.75, 3.05) is 0 Å². The fourth-order valence-corrected chi connectivity index (χ4v) is 2.28. The maximum Gasteiger partial charge on any atom is 0.260 e. The predicted molar refractivity (Wildman–Crippen MR) is 71.9 cm³/mol. The quantitative estimate of drug-likeness (QED) is 0.546. The summed E-state index contributed by atoms with van der Waals surface area (Å²) in [6.07, 6.45) is 3.12. The molecule has 0 aliphatic rings. The minimum Gasteiger partial charge on any atom is -0.456 e. The second-order valence-electron chi connectivity index (χ2n) is 4.31. The van der Waals surface area contributed by atoms with Gasteiger partial charge in [-0.05, 0) is 12.1 Å². The third-order valence-corrected chi connectivity index (χ3v) is 3.17. The summed E-state index contributed by atoms with van der Waals surface area (Å²) in [7, 11) is 0. The van der Waals surface area contributed by atoms with Crippen LogP contribution in [0.2, 0.25) is 0 Å². The third-order valence-electron chi connectivity index (χ3n) is 3.17. The van der Waals surface area contributed by atoms with Crippen LogP contribution < -0.4 is 5.56 Å². The Balaban J connectivity index is 2.06. The second kappa shape index (κ2) is 3.58. The molecule has 0 atom stereocenters. The molecule has 5 nitrogen and oxygen atoms in total. The molecule has 0 radical (unpaired) electrons. The van der Waals surface area contributed by atoms with Gasteiger partial charge in [-0.25, -0.2) is 4.98 Å². The molecule has 5 heteroatoms. The van der Waals surface area contributed by atoms with Gasteiger partial charge in [0, 0.05) is 17.1 Å². The number of fused-ring (bicyclic) bond motifs is 2. The Morgan fingerprint density at radius 1 is 1.16 bits per heavy atom. The Kier molecular flexibility index (Phi) is 1.91. The van der Waals surface area contributed by atoms with Crippen LogP contribution in [-0.2, 0) is 0 Å². The molecule has 0 fully saturated rings. The smallest absolute Gasteiger partial charge is 0.260 e. The molecule has 3 heterocycles. The summed E-state index contributed by atoms with van der Waals surface area (Å²) in [6.45, 7) is 0. The van der Waals surface area contributed by atoms with E-state index in [1.807, 2.05) is 30.3 Å². The van der Waals surface area contributed by atoms with Crippen LogP contribution in [0.5, 0.6) is 0 Å². The summed E-state index contributed by atoms with van der Waals surface area (Å²) in [6, 6.07) is 9.66. The van der Waals surface area contributed by atoms with Gasteiger partial charge in [-0.2, -0.15) is 0 Å². The minimum atomic E-state index is -0.179. The predicted octanol–water partition coefficient (Wildman–Crippen LogP) is 2.66. The Hall–Kier alpha value is -2.82. The van der Waals surface area contributed by atoms with Gasteiger partial charge < -0.3 is 14.4 Å². The molecule has 92 valence electrons. The lowest BCUT2D eigenvalue weighted by Crippen LogP contribution is -2.05. The summed E-state index contributed by atoms with van der Waals surface area (Å²) >= 11 is 0. The fraction of sp³-hybridized carbons (Fsp3) is 0. The van der Waals surface area contributed by atoms with E-state index in [2.05, 4.69) is 15.0 Å². The molecule has 2 N–H and O–H groups in total. The SMILES string of the molecule is O=c1[nH]cnc2[nH]cc(-c3cc4ccccc4o3)c12. The first-order valence-corrected chi connectivity index (χ1v) is 5.86. The van der Waals surface area contributed by atoms with Crippen LogP contribution in [0, 0.1) is 0 Å². The van der Waals surface area contributed by atoms with Gasteiger partial charge in [0.1, 0.15) is 17.0 Å². The number of furan rings is 1. The van der Waals surface area contributed by atoms with E-state index in [0.29, 0.717) is 16.8 Å². The van der Waals surface area contributed by atoms with Crippen LogP contribution in [-0.4, -0.2) is 15.0 Å². The van der Waals surface area contributed by atoms with Gasteiger partial charge in [-0.1, -0.05) is 18.2 Å². The molecule has 1 aromatic carbocycles. The van der Waals surface area contributed by atoms with Crippen molar-refractivity contribution in [2.24, 2.45) is 0 Å². The van der Waals surface area contributed by atoms with Gasteiger partial charge in [0.15, 0.2) is 0 Å². The second-order valence-corrected chi connectivity index (χ2v) is 4.31. The summed E-state index contributed by atoms with van der Waals surface area (Å²) in [4.78, 5) is 21.5. The fourth-order valence-electron chi connectivity index (χ4n) is 2.28. The van der Waals surface area contributed by atoms with E-state index in [4.69, 9.17) is 4.42 Å². The molecule has 0 aliphatic heterocycles. The molecular formula is C14H9N3O2. The highest BCUT2D eigenvalue weighted by Crippen LogP contribution is 2.30. The van der Waals surface area contributed by atoms with Crippen LogP contribution in [0.1, 0.15) is 0 Å². The highest BCUT2D eigenvalue weighted by atomic mass is 16.3. The lowest BCUT2D eigenvalue weighted by molar-refractivity contribution is 0.632. The molecule has 0 bridgehead atoms. The molecule has 0 saturated heterocycles. The number of hydrogen-bond acceptors (Lipinski definition) is 3. The first-order valence-electron chi connectivity index (χ1n) is 5.86. The number of nitrogens with one attached hydrogen (secondary N) is 2. The number of H-pyrrole nitrogens is 2. The Morgan fingerprint density at radius 2 is 2.05 bits per heavy atom. The molecular weight excluding hydrogens is 242 g/mol. The molecule has 4 aromatic rings. The number of rotatable bonds is 1. The van der Waals surface area contributed by atoms with E-state index in [1.54, 1.807) is 6.20 Å². The molecule has 0 spiro atoms. The summed E-state index contributed by atoms with van der Waals surface area (Å²) in [5.74, 6) is 0.658. The maximum absolute atomic E-state index is 11.9.